The third kappa shape index (κ3) is 5.10. The van der Waals surface area contributed by atoms with Crippen LogP contribution in [0.2, 0.25) is 0 Å². The first kappa shape index (κ1) is 22.5. The van der Waals surface area contributed by atoms with Gasteiger partial charge in [-0.05, 0) is 42.8 Å². The van der Waals surface area contributed by atoms with E-state index in [2.05, 4.69) is 10.4 Å². The molecule has 1 aromatic heterocycles. The summed E-state index contributed by atoms with van der Waals surface area (Å²) in [5, 5.41) is 7.20. The van der Waals surface area contributed by atoms with Crippen molar-refractivity contribution in [1.82, 2.24) is 14.1 Å². The molecule has 7 nitrogen and oxygen atoms in total. The van der Waals surface area contributed by atoms with Gasteiger partial charge in [-0.15, -0.1) is 0 Å². The number of carbonyl (C=O) groups excluding carboxylic acids is 1. The number of nitrogens with zero attached hydrogens (tertiary/aromatic N) is 3. The van der Waals surface area contributed by atoms with Crippen LogP contribution in [0.5, 0.6) is 0 Å². The Morgan fingerprint density at radius 1 is 1.06 bits per heavy atom. The van der Waals surface area contributed by atoms with E-state index in [-0.39, 0.29) is 10.8 Å². The maximum atomic E-state index is 12.6. The number of benzene rings is 2. The van der Waals surface area contributed by atoms with Gasteiger partial charge in [-0.1, -0.05) is 44.2 Å². The summed E-state index contributed by atoms with van der Waals surface area (Å²) in [5.74, 6) is 0.294. The smallest absolute Gasteiger partial charge is 0.249 e. The third-order valence-corrected chi connectivity index (χ3v) is 6.91. The summed E-state index contributed by atoms with van der Waals surface area (Å²) < 4.78 is 28.2. The lowest BCUT2D eigenvalue weighted by atomic mass is 10.2. The number of rotatable bonds is 8. The molecule has 3 aromatic rings. The lowest BCUT2D eigenvalue weighted by Gasteiger charge is -2.18. The van der Waals surface area contributed by atoms with Gasteiger partial charge < -0.3 is 5.32 Å². The molecule has 0 unspecified atom stereocenters. The average Bonchev–Trinajstić information content (AvgIpc) is 3.14. The second-order valence-corrected chi connectivity index (χ2v) is 8.84. The predicted octanol–water partition coefficient (Wildman–Crippen LogP) is 3.86. The second-order valence-electron chi connectivity index (χ2n) is 6.90. The molecule has 0 spiro atoms. The molecule has 0 saturated heterocycles. The summed E-state index contributed by atoms with van der Waals surface area (Å²) >= 11 is 0. The van der Waals surface area contributed by atoms with Crippen molar-refractivity contribution >= 4 is 27.8 Å². The zero-order valence-electron chi connectivity index (χ0n) is 17.8. The zero-order valence-corrected chi connectivity index (χ0v) is 18.6. The van der Waals surface area contributed by atoms with Crippen molar-refractivity contribution in [3.8, 4) is 5.69 Å². The van der Waals surface area contributed by atoms with E-state index in [0.29, 0.717) is 18.9 Å². The molecule has 2 aromatic carbocycles. The van der Waals surface area contributed by atoms with Crippen molar-refractivity contribution in [3.05, 3.63) is 78.0 Å². The average molecular weight is 439 g/mol. The van der Waals surface area contributed by atoms with Crippen LogP contribution >= 0.6 is 0 Å². The van der Waals surface area contributed by atoms with E-state index >= 15 is 0 Å². The maximum Gasteiger partial charge on any atom is 0.249 e. The highest BCUT2D eigenvalue weighted by Gasteiger charge is 2.21. The van der Waals surface area contributed by atoms with Crippen molar-refractivity contribution in [2.75, 3.05) is 18.4 Å². The summed E-state index contributed by atoms with van der Waals surface area (Å²) in [6.45, 7) is 6.32. The molecule has 162 valence electrons. The topological polar surface area (TPSA) is 84.3 Å². The highest BCUT2D eigenvalue weighted by molar-refractivity contribution is 7.89. The number of aromatic nitrogens is 2. The minimum absolute atomic E-state index is 0.236. The molecule has 0 aliphatic heterocycles. The number of carbonyl (C=O) groups is 1. The number of hydrogen-bond acceptors (Lipinski definition) is 4. The van der Waals surface area contributed by atoms with Gasteiger partial charge in [0.2, 0.25) is 15.9 Å². The van der Waals surface area contributed by atoms with Gasteiger partial charge in [0, 0.05) is 24.7 Å². The maximum absolute atomic E-state index is 12.6. The molecule has 0 aliphatic carbocycles. The number of nitrogens with one attached hydrogen (secondary N) is 1. The molecule has 1 amide bonds. The molecular weight excluding hydrogens is 412 g/mol. The largest absolute Gasteiger partial charge is 0.307 e. The van der Waals surface area contributed by atoms with Crippen LogP contribution in [-0.4, -0.2) is 41.5 Å². The van der Waals surface area contributed by atoms with Crippen LogP contribution in [0.4, 0.5) is 5.82 Å². The van der Waals surface area contributed by atoms with Crippen LogP contribution in [0.1, 0.15) is 25.0 Å². The summed E-state index contributed by atoms with van der Waals surface area (Å²) in [7, 11) is -3.50. The Labute approximate surface area is 183 Å². The Kier molecular flexibility index (Phi) is 7.04. The van der Waals surface area contributed by atoms with E-state index in [1.54, 1.807) is 41.2 Å². The van der Waals surface area contributed by atoms with Crippen LogP contribution in [0.25, 0.3) is 11.8 Å². The molecule has 0 aliphatic rings. The Bertz CT molecular complexity index is 1160. The Hall–Kier alpha value is -3.23. The number of hydrogen-bond donors (Lipinski definition) is 1. The number of para-hydroxylation sites is 1. The van der Waals surface area contributed by atoms with E-state index in [1.165, 1.54) is 10.4 Å². The van der Waals surface area contributed by atoms with Gasteiger partial charge in [0.15, 0.2) is 0 Å². The number of sulfonamides is 1. The number of anilines is 1. The Morgan fingerprint density at radius 3 is 2.32 bits per heavy atom. The fraction of sp³-hybridized carbons (Fsp3) is 0.217. The monoisotopic (exact) mass is 438 g/mol. The number of aryl methyl sites for hydroxylation is 1. The first-order chi connectivity index (χ1) is 14.9. The molecule has 1 N–H and O–H groups in total. The van der Waals surface area contributed by atoms with Crippen LogP contribution in [0.15, 0.2) is 71.8 Å². The zero-order chi connectivity index (χ0) is 22.4. The molecule has 0 fully saturated rings. The molecule has 1 heterocycles. The van der Waals surface area contributed by atoms with E-state index in [4.69, 9.17) is 0 Å². The molecule has 0 radical (unpaired) electrons. The molecular formula is C23H26N4O3S. The van der Waals surface area contributed by atoms with Gasteiger partial charge in [0.05, 0.1) is 16.8 Å². The van der Waals surface area contributed by atoms with Gasteiger partial charge in [-0.3, -0.25) is 4.79 Å². The van der Waals surface area contributed by atoms with Crippen LogP contribution < -0.4 is 5.32 Å². The van der Waals surface area contributed by atoms with Gasteiger partial charge in [0.25, 0.3) is 0 Å². The lowest BCUT2D eigenvalue weighted by molar-refractivity contribution is -0.111. The van der Waals surface area contributed by atoms with Crippen LogP contribution in [0.3, 0.4) is 0 Å². The fourth-order valence-corrected chi connectivity index (χ4v) is 4.60. The second kappa shape index (κ2) is 9.72. The summed E-state index contributed by atoms with van der Waals surface area (Å²) in [4.78, 5) is 12.7. The molecule has 8 heteroatoms. The van der Waals surface area contributed by atoms with Crippen molar-refractivity contribution in [2.24, 2.45) is 0 Å². The quantitative estimate of drug-likeness (QED) is 0.541. The minimum Gasteiger partial charge on any atom is -0.307 e. The van der Waals surface area contributed by atoms with Gasteiger partial charge in [-0.2, -0.15) is 9.40 Å². The molecule has 0 bridgehead atoms. The summed E-state index contributed by atoms with van der Waals surface area (Å²) in [6.07, 6.45) is 4.75. The lowest BCUT2D eigenvalue weighted by Crippen LogP contribution is -2.30. The van der Waals surface area contributed by atoms with Crippen LogP contribution in [0, 0.1) is 6.92 Å². The first-order valence-electron chi connectivity index (χ1n) is 10.1. The third-order valence-electron chi connectivity index (χ3n) is 4.84. The van der Waals surface area contributed by atoms with Crippen molar-refractivity contribution in [1.29, 1.82) is 0 Å². The van der Waals surface area contributed by atoms with Gasteiger partial charge in [-0.25, -0.2) is 13.1 Å². The minimum atomic E-state index is -3.50. The van der Waals surface area contributed by atoms with E-state index in [0.717, 1.165) is 16.8 Å². The molecule has 3 rings (SSSR count). The molecule has 0 saturated carbocycles. The standard InChI is InChI=1S/C23H26N4O3S/c1-4-26(5-2)31(29,30)21-14-11-19(12-15-21)13-16-22(28)25-23-18(3)17-24-27(23)20-9-7-6-8-10-20/h6-17H,4-5H2,1-3H3,(H,25,28). The number of amides is 1. The van der Waals surface area contributed by atoms with E-state index in [9.17, 15) is 13.2 Å². The SMILES string of the molecule is CCN(CC)S(=O)(=O)c1ccc(C=CC(=O)Nc2c(C)cnn2-c2ccccc2)cc1. The molecule has 0 atom stereocenters. The summed E-state index contributed by atoms with van der Waals surface area (Å²) in [6, 6.07) is 16.0. The van der Waals surface area contributed by atoms with Gasteiger partial charge in [0.1, 0.15) is 5.82 Å². The normalized spacial score (nSPS) is 11.9. The molecule has 31 heavy (non-hydrogen) atoms. The Morgan fingerprint density at radius 2 is 1.71 bits per heavy atom. The van der Waals surface area contributed by atoms with Crippen molar-refractivity contribution in [2.45, 2.75) is 25.7 Å². The van der Waals surface area contributed by atoms with E-state index < -0.39 is 10.0 Å². The van der Waals surface area contributed by atoms with E-state index in [1.807, 2.05) is 51.1 Å². The Balaban J connectivity index is 1.73. The predicted molar refractivity (Wildman–Crippen MR) is 123 cm³/mol. The highest BCUT2D eigenvalue weighted by atomic mass is 32.2. The fourth-order valence-electron chi connectivity index (χ4n) is 3.14. The highest BCUT2D eigenvalue weighted by Crippen LogP contribution is 2.20. The first-order valence-corrected chi connectivity index (χ1v) is 11.5. The summed E-state index contributed by atoms with van der Waals surface area (Å²) in [5.41, 5.74) is 2.42. The van der Waals surface area contributed by atoms with Crippen molar-refractivity contribution < 1.29 is 13.2 Å². The van der Waals surface area contributed by atoms with Crippen LogP contribution in [-0.2, 0) is 14.8 Å². The van der Waals surface area contributed by atoms with Crippen molar-refractivity contribution in [3.63, 3.8) is 0 Å². The van der Waals surface area contributed by atoms with Gasteiger partial charge >= 0.3 is 0 Å².